The average Bonchev–Trinajstić information content (AvgIpc) is 2.52. The number of pyridine rings is 1. The molecule has 1 unspecified atom stereocenters. The number of hydrogen-bond acceptors (Lipinski definition) is 4. The second kappa shape index (κ2) is 6.31. The molecule has 1 atom stereocenters. The number of carboxylic acids is 1. The van der Waals surface area contributed by atoms with Gasteiger partial charge in [0.2, 0.25) is 0 Å². The summed E-state index contributed by atoms with van der Waals surface area (Å²) in [6.45, 7) is 0. The van der Waals surface area contributed by atoms with Crippen LogP contribution in [0.5, 0.6) is 0 Å². The highest BCUT2D eigenvalue weighted by Gasteiger charge is 2.19. The molecule has 0 aliphatic heterocycles. The number of carbonyl (C=O) groups excluding carboxylic acids is 1. The van der Waals surface area contributed by atoms with Gasteiger partial charge in [-0.2, -0.15) is 0 Å². The van der Waals surface area contributed by atoms with Crippen LogP contribution in [0, 0.1) is 5.82 Å². The van der Waals surface area contributed by atoms with Crippen LogP contribution in [0.15, 0.2) is 36.4 Å². The Bertz CT molecular complexity index is 733. The summed E-state index contributed by atoms with van der Waals surface area (Å²) >= 11 is 0. The summed E-state index contributed by atoms with van der Waals surface area (Å²) in [5.41, 5.74) is -0.186. The van der Waals surface area contributed by atoms with E-state index < -0.39 is 23.8 Å². The van der Waals surface area contributed by atoms with Gasteiger partial charge in [-0.1, -0.05) is 12.1 Å². The molecule has 0 spiro atoms. The molecular formula is C15H13FN2O4. The molecule has 2 rings (SSSR count). The monoisotopic (exact) mass is 304 g/mol. The lowest BCUT2D eigenvalue weighted by Crippen LogP contribution is -2.21. The smallest absolute Gasteiger partial charge is 0.335 e. The SMILES string of the molecule is CNC(=O)c1cc(C(=O)O)cc(C(O)c2cccc(F)c2)n1. The van der Waals surface area contributed by atoms with Gasteiger partial charge in [-0.15, -0.1) is 0 Å². The van der Waals surface area contributed by atoms with Gasteiger partial charge in [0.25, 0.3) is 5.91 Å². The van der Waals surface area contributed by atoms with Crippen molar-refractivity contribution in [2.75, 3.05) is 7.05 Å². The molecule has 1 heterocycles. The Hall–Kier alpha value is -2.80. The lowest BCUT2D eigenvalue weighted by molar-refractivity contribution is 0.0696. The summed E-state index contributed by atoms with van der Waals surface area (Å²) in [6.07, 6.45) is -1.35. The van der Waals surface area contributed by atoms with Gasteiger partial charge in [-0.25, -0.2) is 14.2 Å². The largest absolute Gasteiger partial charge is 0.478 e. The first-order chi connectivity index (χ1) is 10.4. The van der Waals surface area contributed by atoms with Gasteiger partial charge in [0, 0.05) is 7.05 Å². The molecule has 114 valence electrons. The average molecular weight is 304 g/mol. The number of carboxylic acid groups (broad SMARTS) is 1. The van der Waals surface area contributed by atoms with Crippen molar-refractivity contribution in [3.8, 4) is 0 Å². The maximum Gasteiger partial charge on any atom is 0.335 e. The van der Waals surface area contributed by atoms with Crippen molar-refractivity contribution in [2.24, 2.45) is 0 Å². The van der Waals surface area contributed by atoms with E-state index >= 15 is 0 Å². The molecule has 1 amide bonds. The van der Waals surface area contributed by atoms with Crippen LogP contribution < -0.4 is 5.32 Å². The number of rotatable bonds is 4. The van der Waals surface area contributed by atoms with E-state index in [0.717, 1.165) is 18.2 Å². The minimum atomic E-state index is -1.35. The highest BCUT2D eigenvalue weighted by molar-refractivity contribution is 5.95. The zero-order chi connectivity index (χ0) is 16.3. The van der Waals surface area contributed by atoms with Crippen LogP contribution in [0.2, 0.25) is 0 Å². The summed E-state index contributed by atoms with van der Waals surface area (Å²) in [5, 5.41) is 21.7. The van der Waals surface area contributed by atoms with E-state index in [9.17, 15) is 19.1 Å². The Morgan fingerprint density at radius 2 is 2.00 bits per heavy atom. The molecule has 0 aliphatic carbocycles. The van der Waals surface area contributed by atoms with Gasteiger partial charge in [0.05, 0.1) is 11.3 Å². The molecule has 0 radical (unpaired) electrons. The van der Waals surface area contributed by atoms with E-state index in [-0.39, 0.29) is 22.5 Å². The number of nitrogens with one attached hydrogen (secondary N) is 1. The second-order valence-corrected chi connectivity index (χ2v) is 4.51. The normalized spacial score (nSPS) is 11.8. The van der Waals surface area contributed by atoms with E-state index in [1.807, 2.05) is 0 Å². The zero-order valence-electron chi connectivity index (χ0n) is 11.6. The molecule has 6 nitrogen and oxygen atoms in total. The number of aliphatic hydroxyl groups excluding tert-OH is 1. The fourth-order valence-corrected chi connectivity index (χ4v) is 1.91. The minimum absolute atomic E-state index is 0.0518. The molecule has 2 aromatic rings. The van der Waals surface area contributed by atoms with E-state index in [0.29, 0.717) is 0 Å². The zero-order valence-corrected chi connectivity index (χ0v) is 11.6. The van der Waals surface area contributed by atoms with Crippen molar-refractivity contribution in [1.29, 1.82) is 0 Å². The van der Waals surface area contributed by atoms with Crippen LogP contribution in [0.4, 0.5) is 4.39 Å². The van der Waals surface area contributed by atoms with E-state index in [1.165, 1.54) is 25.2 Å². The van der Waals surface area contributed by atoms with E-state index in [4.69, 9.17) is 5.11 Å². The lowest BCUT2D eigenvalue weighted by atomic mass is 10.0. The number of nitrogens with zero attached hydrogens (tertiary/aromatic N) is 1. The number of benzene rings is 1. The third-order valence-corrected chi connectivity index (χ3v) is 3.00. The summed E-state index contributed by atoms with van der Waals surface area (Å²) in [5.74, 6) is -2.39. The number of halogens is 1. The van der Waals surface area contributed by atoms with Gasteiger partial charge in [0.15, 0.2) is 0 Å². The maximum atomic E-state index is 13.2. The van der Waals surface area contributed by atoms with Gasteiger partial charge in [0.1, 0.15) is 17.6 Å². The number of amides is 1. The number of hydrogen-bond donors (Lipinski definition) is 3. The summed E-state index contributed by atoms with van der Waals surface area (Å²) in [6, 6.07) is 7.46. The Morgan fingerprint density at radius 3 is 2.59 bits per heavy atom. The van der Waals surface area contributed by atoms with Crippen molar-refractivity contribution in [3.63, 3.8) is 0 Å². The van der Waals surface area contributed by atoms with Crippen molar-refractivity contribution < 1.29 is 24.2 Å². The lowest BCUT2D eigenvalue weighted by Gasteiger charge is -2.13. The quantitative estimate of drug-likeness (QED) is 0.792. The Balaban J connectivity index is 2.51. The van der Waals surface area contributed by atoms with Crippen LogP contribution in [0.25, 0.3) is 0 Å². The highest BCUT2D eigenvalue weighted by atomic mass is 19.1. The van der Waals surface area contributed by atoms with Crippen LogP contribution in [0.3, 0.4) is 0 Å². The summed E-state index contributed by atoms with van der Waals surface area (Å²) in [4.78, 5) is 26.7. The number of aromatic carboxylic acids is 1. The second-order valence-electron chi connectivity index (χ2n) is 4.51. The predicted octanol–water partition coefficient (Wildman–Crippen LogP) is 1.36. The van der Waals surface area contributed by atoms with Crippen molar-refractivity contribution >= 4 is 11.9 Å². The molecule has 0 aliphatic rings. The first-order valence-electron chi connectivity index (χ1n) is 6.33. The molecule has 1 aromatic carbocycles. The molecular weight excluding hydrogens is 291 g/mol. The Kier molecular flexibility index (Phi) is 4.47. The van der Waals surface area contributed by atoms with Crippen molar-refractivity contribution in [2.45, 2.75) is 6.10 Å². The van der Waals surface area contributed by atoms with Gasteiger partial charge < -0.3 is 15.5 Å². The van der Waals surface area contributed by atoms with Crippen molar-refractivity contribution in [1.82, 2.24) is 10.3 Å². The van der Waals surface area contributed by atoms with Crippen LogP contribution in [-0.4, -0.2) is 34.1 Å². The third-order valence-electron chi connectivity index (χ3n) is 3.00. The number of aromatic nitrogens is 1. The molecule has 7 heteroatoms. The van der Waals surface area contributed by atoms with Crippen LogP contribution in [0.1, 0.15) is 38.2 Å². The molecule has 0 saturated heterocycles. The Morgan fingerprint density at radius 1 is 1.27 bits per heavy atom. The first-order valence-corrected chi connectivity index (χ1v) is 6.33. The Labute approximate surface area is 125 Å². The number of aliphatic hydroxyl groups is 1. The number of carbonyl (C=O) groups is 2. The highest BCUT2D eigenvalue weighted by Crippen LogP contribution is 2.22. The van der Waals surface area contributed by atoms with E-state index in [2.05, 4.69) is 10.3 Å². The molecule has 22 heavy (non-hydrogen) atoms. The fraction of sp³-hybridized carbons (Fsp3) is 0.133. The van der Waals surface area contributed by atoms with E-state index in [1.54, 1.807) is 0 Å². The van der Waals surface area contributed by atoms with Crippen LogP contribution in [-0.2, 0) is 0 Å². The molecule has 0 bridgehead atoms. The molecule has 3 N–H and O–H groups in total. The summed E-state index contributed by atoms with van der Waals surface area (Å²) in [7, 11) is 1.38. The standard InChI is InChI=1S/C15H13FN2O4/c1-17-14(20)12-7-9(15(21)22)6-11(18-12)13(19)8-3-2-4-10(16)5-8/h2-7,13,19H,1H3,(H,17,20)(H,21,22). The minimum Gasteiger partial charge on any atom is -0.478 e. The van der Waals surface area contributed by atoms with Gasteiger partial charge in [-0.3, -0.25) is 4.79 Å². The van der Waals surface area contributed by atoms with Crippen molar-refractivity contribution in [3.05, 3.63) is 64.7 Å². The summed E-state index contributed by atoms with van der Waals surface area (Å²) < 4.78 is 13.2. The van der Waals surface area contributed by atoms with Crippen LogP contribution >= 0.6 is 0 Å². The topological polar surface area (TPSA) is 99.5 Å². The van der Waals surface area contributed by atoms with Gasteiger partial charge >= 0.3 is 5.97 Å². The molecule has 1 aromatic heterocycles. The predicted molar refractivity (Wildman–Crippen MR) is 75.0 cm³/mol. The van der Waals surface area contributed by atoms with Gasteiger partial charge in [-0.05, 0) is 29.8 Å². The fourth-order valence-electron chi connectivity index (χ4n) is 1.91. The molecule has 0 fully saturated rings. The first kappa shape index (κ1) is 15.6. The molecule has 0 saturated carbocycles. The maximum absolute atomic E-state index is 13.2. The third kappa shape index (κ3) is 3.26.